The smallest absolute Gasteiger partial charge is 0.222 e. The zero-order chi connectivity index (χ0) is 13.5. The van der Waals surface area contributed by atoms with Crippen LogP contribution in [0.2, 0.25) is 0 Å². The minimum Gasteiger partial charge on any atom is -0.496 e. The molecule has 1 rings (SSSR count). The average molecular weight is 251 g/mol. The number of carbonyl (C=O) groups is 1. The van der Waals surface area contributed by atoms with Gasteiger partial charge in [-0.3, -0.25) is 4.79 Å². The molecule has 0 saturated carbocycles. The molecule has 1 amide bonds. The molecule has 18 heavy (non-hydrogen) atoms. The van der Waals surface area contributed by atoms with Crippen molar-refractivity contribution in [3.63, 3.8) is 0 Å². The van der Waals surface area contributed by atoms with Gasteiger partial charge in [0.05, 0.1) is 19.8 Å². The minimum atomic E-state index is -0.143. The van der Waals surface area contributed by atoms with E-state index in [0.29, 0.717) is 12.8 Å². The Morgan fingerprint density at radius 2 is 2.11 bits per heavy atom. The number of rotatable bonds is 6. The van der Waals surface area contributed by atoms with E-state index >= 15 is 0 Å². The predicted molar refractivity (Wildman–Crippen MR) is 70.6 cm³/mol. The summed E-state index contributed by atoms with van der Waals surface area (Å²) in [5.41, 5.74) is 1.03. The summed E-state index contributed by atoms with van der Waals surface area (Å²) in [5, 5.41) is 9.01. The van der Waals surface area contributed by atoms with E-state index in [4.69, 9.17) is 9.84 Å². The highest BCUT2D eigenvalue weighted by atomic mass is 16.5. The molecule has 0 aliphatic rings. The Bertz CT molecular complexity index is 392. The first-order valence-electron chi connectivity index (χ1n) is 6.08. The van der Waals surface area contributed by atoms with Crippen LogP contribution in [0.4, 0.5) is 0 Å². The molecule has 0 aromatic heterocycles. The number of benzene rings is 1. The van der Waals surface area contributed by atoms with E-state index in [2.05, 4.69) is 0 Å². The van der Waals surface area contributed by atoms with Gasteiger partial charge in [0.25, 0.3) is 0 Å². The molecule has 0 aliphatic carbocycles. The number of ether oxygens (including phenoxy) is 1. The van der Waals surface area contributed by atoms with Crippen molar-refractivity contribution in [3.05, 3.63) is 29.8 Å². The monoisotopic (exact) mass is 251 g/mol. The average Bonchev–Trinajstić information content (AvgIpc) is 2.43. The molecule has 4 heteroatoms. The predicted octanol–water partition coefficient (Wildman–Crippen LogP) is 1.47. The van der Waals surface area contributed by atoms with E-state index in [1.54, 1.807) is 19.1 Å². The minimum absolute atomic E-state index is 0.0170. The summed E-state index contributed by atoms with van der Waals surface area (Å²) in [4.78, 5) is 13.5. The van der Waals surface area contributed by atoms with Gasteiger partial charge in [0.2, 0.25) is 5.91 Å². The van der Waals surface area contributed by atoms with Crippen molar-refractivity contribution in [3.8, 4) is 5.75 Å². The van der Waals surface area contributed by atoms with Gasteiger partial charge in [0.15, 0.2) is 0 Å². The van der Waals surface area contributed by atoms with Crippen LogP contribution >= 0.6 is 0 Å². The van der Waals surface area contributed by atoms with E-state index in [1.165, 1.54) is 0 Å². The first-order chi connectivity index (χ1) is 8.60. The number of hydrogen-bond acceptors (Lipinski definition) is 3. The fraction of sp³-hybridized carbons (Fsp3) is 0.500. The third-order valence-electron chi connectivity index (χ3n) is 3.12. The standard InChI is InChI=1S/C14H21NO3/c1-11(10-16)15(2)14(17)9-8-12-6-4-5-7-13(12)18-3/h4-7,11,16H,8-10H2,1-3H3. The summed E-state index contributed by atoms with van der Waals surface area (Å²) in [6.45, 7) is 1.80. The maximum Gasteiger partial charge on any atom is 0.222 e. The molecule has 1 unspecified atom stereocenters. The lowest BCUT2D eigenvalue weighted by atomic mass is 10.1. The fourth-order valence-electron chi connectivity index (χ4n) is 1.70. The van der Waals surface area contributed by atoms with Gasteiger partial charge in [-0.25, -0.2) is 0 Å². The van der Waals surface area contributed by atoms with Crippen LogP contribution in [0.3, 0.4) is 0 Å². The Morgan fingerprint density at radius 3 is 2.72 bits per heavy atom. The quantitative estimate of drug-likeness (QED) is 0.833. The molecular weight excluding hydrogens is 230 g/mol. The van der Waals surface area contributed by atoms with Gasteiger partial charge >= 0.3 is 0 Å². The van der Waals surface area contributed by atoms with Crippen molar-refractivity contribution in [2.45, 2.75) is 25.8 Å². The second-order valence-electron chi connectivity index (χ2n) is 4.35. The third-order valence-corrected chi connectivity index (χ3v) is 3.12. The van der Waals surface area contributed by atoms with Crippen molar-refractivity contribution in [1.82, 2.24) is 4.90 Å². The second kappa shape index (κ2) is 7.01. The maximum absolute atomic E-state index is 11.9. The van der Waals surface area contributed by atoms with E-state index in [-0.39, 0.29) is 18.6 Å². The summed E-state index contributed by atoms with van der Waals surface area (Å²) in [5.74, 6) is 0.839. The van der Waals surface area contributed by atoms with Crippen LogP contribution in [0.1, 0.15) is 18.9 Å². The largest absolute Gasteiger partial charge is 0.496 e. The van der Waals surface area contributed by atoms with Gasteiger partial charge < -0.3 is 14.7 Å². The molecular formula is C14H21NO3. The van der Waals surface area contributed by atoms with Gasteiger partial charge in [0.1, 0.15) is 5.75 Å². The van der Waals surface area contributed by atoms with Gasteiger partial charge in [-0.2, -0.15) is 0 Å². The molecule has 100 valence electrons. The number of likely N-dealkylation sites (N-methyl/N-ethyl adjacent to an activating group) is 1. The number of aliphatic hydroxyl groups excluding tert-OH is 1. The van der Waals surface area contributed by atoms with Crippen LogP contribution in [0.15, 0.2) is 24.3 Å². The lowest BCUT2D eigenvalue weighted by Crippen LogP contribution is -2.37. The molecule has 0 spiro atoms. The third kappa shape index (κ3) is 3.74. The van der Waals surface area contributed by atoms with Gasteiger partial charge in [-0.1, -0.05) is 18.2 Å². The van der Waals surface area contributed by atoms with E-state index in [0.717, 1.165) is 11.3 Å². The van der Waals surface area contributed by atoms with Crippen LogP contribution in [0, 0.1) is 0 Å². The van der Waals surface area contributed by atoms with Crippen molar-refractivity contribution >= 4 is 5.91 Å². The zero-order valence-electron chi connectivity index (χ0n) is 11.2. The molecule has 0 heterocycles. The summed E-state index contributed by atoms with van der Waals surface area (Å²) in [7, 11) is 3.34. The summed E-state index contributed by atoms with van der Waals surface area (Å²) >= 11 is 0. The van der Waals surface area contributed by atoms with E-state index in [9.17, 15) is 4.79 Å². The normalized spacial score (nSPS) is 12.0. The number of nitrogens with zero attached hydrogens (tertiary/aromatic N) is 1. The number of carbonyl (C=O) groups excluding carboxylic acids is 1. The number of para-hydroxylation sites is 1. The highest BCUT2D eigenvalue weighted by molar-refractivity contribution is 5.76. The van der Waals surface area contributed by atoms with Crippen LogP contribution in [-0.2, 0) is 11.2 Å². The Morgan fingerprint density at radius 1 is 1.44 bits per heavy atom. The first-order valence-corrected chi connectivity index (χ1v) is 6.08. The molecule has 0 aliphatic heterocycles. The number of methoxy groups -OCH3 is 1. The fourth-order valence-corrected chi connectivity index (χ4v) is 1.70. The highest BCUT2D eigenvalue weighted by Crippen LogP contribution is 2.19. The number of aryl methyl sites for hydroxylation is 1. The Hall–Kier alpha value is -1.55. The Kier molecular flexibility index (Phi) is 5.65. The molecule has 0 fully saturated rings. The lowest BCUT2D eigenvalue weighted by Gasteiger charge is -2.23. The van der Waals surface area contributed by atoms with Crippen LogP contribution < -0.4 is 4.74 Å². The van der Waals surface area contributed by atoms with Crippen molar-refractivity contribution in [1.29, 1.82) is 0 Å². The van der Waals surface area contributed by atoms with Crippen LogP contribution in [0.5, 0.6) is 5.75 Å². The van der Waals surface area contributed by atoms with Crippen molar-refractivity contribution < 1.29 is 14.6 Å². The molecule has 0 radical (unpaired) electrons. The topological polar surface area (TPSA) is 49.8 Å². The van der Waals surface area contributed by atoms with Crippen molar-refractivity contribution in [2.24, 2.45) is 0 Å². The maximum atomic E-state index is 11.9. The van der Waals surface area contributed by atoms with Crippen LogP contribution in [0.25, 0.3) is 0 Å². The second-order valence-corrected chi connectivity index (χ2v) is 4.35. The Labute approximate surface area is 108 Å². The van der Waals surface area contributed by atoms with Gasteiger partial charge in [-0.15, -0.1) is 0 Å². The Balaban J connectivity index is 2.57. The molecule has 1 atom stereocenters. The van der Waals surface area contributed by atoms with Gasteiger partial charge in [0, 0.05) is 13.5 Å². The summed E-state index contributed by atoms with van der Waals surface area (Å²) in [6.07, 6.45) is 1.06. The van der Waals surface area contributed by atoms with Crippen molar-refractivity contribution in [2.75, 3.05) is 20.8 Å². The molecule has 1 N–H and O–H groups in total. The molecule has 0 saturated heterocycles. The molecule has 1 aromatic rings. The van der Waals surface area contributed by atoms with Gasteiger partial charge in [-0.05, 0) is 25.0 Å². The van der Waals surface area contributed by atoms with E-state index < -0.39 is 0 Å². The number of hydrogen-bond donors (Lipinski definition) is 1. The molecule has 0 bridgehead atoms. The number of amides is 1. The first kappa shape index (κ1) is 14.5. The zero-order valence-corrected chi connectivity index (χ0v) is 11.2. The van der Waals surface area contributed by atoms with Crippen LogP contribution in [-0.4, -0.2) is 42.7 Å². The summed E-state index contributed by atoms with van der Waals surface area (Å²) in [6, 6.07) is 7.55. The lowest BCUT2D eigenvalue weighted by molar-refractivity contribution is -0.132. The van der Waals surface area contributed by atoms with E-state index in [1.807, 2.05) is 31.2 Å². The molecule has 1 aromatic carbocycles. The molecule has 4 nitrogen and oxygen atoms in total. The summed E-state index contributed by atoms with van der Waals surface area (Å²) < 4.78 is 5.24. The number of aliphatic hydroxyl groups is 1. The SMILES string of the molecule is COc1ccccc1CCC(=O)N(C)C(C)CO. The highest BCUT2D eigenvalue weighted by Gasteiger charge is 2.15.